The number of hydrogen-bond donors (Lipinski definition) is 1. The summed E-state index contributed by atoms with van der Waals surface area (Å²) in [6, 6.07) is 7.53. The molecule has 3 heterocycles. The summed E-state index contributed by atoms with van der Waals surface area (Å²) in [6.45, 7) is 0.902. The van der Waals surface area contributed by atoms with Crippen LogP contribution in [0.15, 0.2) is 45.6 Å². The number of carbonyl (C=O) groups excluding carboxylic acids is 1. The van der Waals surface area contributed by atoms with Gasteiger partial charge < -0.3 is 23.9 Å². The van der Waals surface area contributed by atoms with Crippen LogP contribution < -0.4 is 10.2 Å². The van der Waals surface area contributed by atoms with Crippen LogP contribution >= 0.6 is 0 Å². The van der Waals surface area contributed by atoms with Crippen molar-refractivity contribution in [3.63, 3.8) is 0 Å². The fraction of sp³-hybridized carbons (Fsp3) is 0.304. The van der Waals surface area contributed by atoms with Crippen LogP contribution in [0.5, 0.6) is 11.5 Å². The van der Waals surface area contributed by atoms with Crippen molar-refractivity contribution in [3.05, 3.63) is 69.3 Å². The molecule has 0 aliphatic carbocycles. The number of ether oxygens (including phenoxy) is 2. The van der Waals surface area contributed by atoms with E-state index in [9.17, 15) is 19.1 Å². The molecule has 2 aromatic carbocycles. The Kier molecular flexibility index (Phi) is 4.66. The van der Waals surface area contributed by atoms with E-state index in [0.717, 1.165) is 18.9 Å². The molecule has 0 spiro atoms. The average Bonchev–Trinajstić information content (AvgIpc) is 3.37. The van der Waals surface area contributed by atoms with Gasteiger partial charge in [0.15, 0.2) is 16.9 Å². The summed E-state index contributed by atoms with van der Waals surface area (Å²) < 4.78 is 30.6. The number of amides is 1. The number of carbonyl (C=O) groups is 1. The smallest absolute Gasteiger partial charge is 0.291 e. The zero-order valence-corrected chi connectivity index (χ0v) is 16.8. The molecule has 1 aromatic heterocycles. The minimum atomic E-state index is -0.773. The van der Waals surface area contributed by atoms with Gasteiger partial charge in [0.05, 0.1) is 30.2 Å². The summed E-state index contributed by atoms with van der Waals surface area (Å²) >= 11 is 0. The van der Waals surface area contributed by atoms with E-state index in [-0.39, 0.29) is 46.4 Å². The molecule has 2 aliphatic heterocycles. The lowest BCUT2D eigenvalue weighted by atomic mass is 9.97. The highest BCUT2D eigenvalue weighted by Crippen LogP contribution is 2.41. The van der Waals surface area contributed by atoms with Gasteiger partial charge in [-0.1, -0.05) is 6.07 Å². The number of aromatic hydroxyl groups is 1. The van der Waals surface area contributed by atoms with E-state index in [1.54, 1.807) is 17.0 Å². The molecule has 5 rings (SSSR count). The lowest BCUT2D eigenvalue weighted by molar-refractivity contribution is 0.0486. The number of phenols is 1. The molecule has 2 unspecified atom stereocenters. The Balaban J connectivity index is 1.72. The molecule has 1 amide bonds. The number of hydrogen-bond acceptors (Lipinski definition) is 6. The third kappa shape index (κ3) is 3.14. The Bertz CT molecular complexity index is 1250. The first-order chi connectivity index (χ1) is 15.0. The second-order valence-electron chi connectivity index (χ2n) is 7.74. The second kappa shape index (κ2) is 7.39. The van der Waals surface area contributed by atoms with Crippen LogP contribution in [0.4, 0.5) is 4.39 Å². The Morgan fingerprint density at radius 1 is 1.23 bits per heavy atom. The zero-order chi connectivity index (χ0) is 21.7. The van der Waals surface area contributed by atoms with Gasteiger partial charge >= 0.3 is 0 Å². The third-order valence-electron chi connectivity index (χ3n) is 5.87. The van der Waals surface area contributed by atoms with Gasteiger partial charge in [0.2, 0.25) is 5.76 Å². The molecule has 7 nitrogen and oxygen atoms in total. The normalized spacial score (nSPS) is 20.5. The van der Waals surface area contributed by atoms with Gasteiger partial charge in [-0.05, 0) is 48.7 Å². The predicted octanol–water partition coefficient (Wildman–Crippen LogP) is 3.37. The molecular formula is C23H20FNO6. The van der Waals surface area contributed by atoms with Gasteiger partial charge in [-0.3, -0.25) is 9.59 Å². The summed E-state index contributed by atoms with van der Waals surface area (Å²) in [7, 11) is 1.42. The highest BCUT2D eigenvalue weighted by molar-refractivity contribution is 5.99. The summed E-state index contributed by atoms with van der Waals surface area (Å²) in [6.07, 6.45) is 1.56. The minimum absolute atomic E-state index is 0.0563. The van der Waals surface area contributed by atoms with E-state index in [2.05, 4.69) is 0 Å². The van der Waals surface area contributed by atoms with Crippen LogP contribution in [-0.4, -0.2) is 42.3 Å². The molecule has 2 atom stereocenters. The molecule has 1 saturated heterocycles. The van der Waals surface area contributed by atoms with Crippen LogP contribution in [-0.2, 0) is 4.74 Å². The van der Waals surface area contributed by atoms with E-state index in [0.29, 0.717) is 12.2 Å². The molecule has 160 valence electrons. The highest BCUT2D eigenvalue weighted by Gasteiger charge is 2.44. The number of phenolic OH excluding ortho intramolecular Hbond substituents is 1. The minimum Gasteiger partial charge on any atom is -0.504 e. The molecule has 2 aliphatic rings. The van der Waals surface area contributed by atoms with E-state index in [4.69, 9.17) is 13.9 Å². The Morgan fingerprint density at radius 2 is 2.06 bits per heavy atom. The molecule has 8 heteroatoms. The average molecular weight is 425 g/mol. The van der Waals surface area contributed by atoms with Crippen molar-refractivity contribution < 1.29 is 28.2 Å². The molecule has 0 radical (unpaired) electrons. The summed E-state index contributed by atoms with van der Waals surface area (Å²) in [4.78, 5) is 28.3. The third-order valence-corrected chi connectivity index (χ3v) is 5.87. The number of methoxy groups -OCH3 is 1. The molecule has 3 aromatic rings. The largest absolute Gasteiger partial charge is 0.504 e. The molecule has 31 heavy (non-hydrogen) atoms. The van der Waals surface area contributed by atoms with Crippen molar-refractivity contribution in [1.82, 2.24) is 4.90 Å². The molecule has 0 bridgehead atoms. The van der Waals surface area contributed by atoms with Crippen molar-refractivity contribution >= 4 is 16.9 Å². The summed E-state index contributed by atoms with van der Waals surface area (Å²) in [5, 5.41) is 10.1. The SMILES string of the molecule is COc1cc(C2c3c(oc4ccc(F)cc4c3=O)C(=O)N2CC2CCCO2)ccc1O. The summed E-state index contributed by atoms with van der Waals surface area (Å²) in [5.41, 5.74) is 0.409. The number of nitrogens with zero attached hydrogens (tertiary/aromatic N) is 1. The lowest BCUT2D eigenvalue weighted by Gasteiger charge is -2.27. The number of halogens is 1. The monoisotopic (exact) mass is 425 g/mol. The van der Waals surface area contributed by atoms with Crippen molar-refractivity contribution in [1.29, 1.82) is 0 Å². The van der Waals surface area contributed by atoms with Crippen molar-refractivity contribution in [3.8, 4) is 11.5 Å². The van der Waals surface area contributed by atoms with Crippen LogP contribution in [0.2, 0.25) is 0 Å². The van der Waals surface area contributed by atoms with Crippen LogP contribution in [0, 0.1) is 5.82 Å². The quantitative estimate of drug-likeness (QED) is 0.690. The number of fused-ring (bicyclic) bond motifs is 2. The summed E-state index contributed by atoms with van der Waals surface area (Å²) in [5.74, 6) is -0.895. The Morgan fingerprint density at radius 3 is 2.81 bits per heavy atom. The Labute approximate surface area is 176 Å². The lowest BCUT2D eigenvalue weighted by Crippen LogP contribution is -2.36. The first kappa shape index (κ1) is 19.6. The van der Waals surface area contributed by atoms with Crippen molar-refractivity contribution in [2.45, 2.75) is 25.0 Å². The molecule has 0 saturated carbocycles. The van der Waals surface area contributed by atoms with Crippen LogP contribution in [0.3, 0.4) is 0 Å². The maximum absolute atomic E-state index is 13.8. The molecular weight excluding hydrogens is 405 g/mol. The van der Waals surface area contributed by atoms with Gasteiger partial charge in [-0.25, -0.2) is 4.39 Å². The molecule has 1 fully saturated rings. The van der Waals surface area contributed by atoms with Crippen molar-refractivity contribution in [2.75, 3.05) is 20.3 Å². The van der Waals surface area contributed by atoms with E-state index in [1.807, 2.05) is 0 Å². The fourth-order valence-electron chi connectivity index (χ4n) is 4.40. The van der Waals surface area contributed by atoms with Gasteiger partial charge in [0, 0.05) is 13.2 Å². The standard InChI is InChI=1S/C23H20FNO6/c1-29-18-9-12(4-6-16(18)26)20-19-21(27)15-10-13(24)5-7-17(15)31-22(19)23(28)25(20)11-14-3-2-8-30-14/h4-7,9-10,14,20,26H,2-3,8,11H2,1H3. The van der Waals surface area contributed by atoms with Gasteiger partial charge in [0.1, 0.15) is 11.4 Å². The maximum atomic E-state index is 13.8. The van der Waals surface area contributed by atoms with E-state index >= 15 is 0 Å². The predicted molar refractivity (Wildman–Crippen MR) is 109 cm³/mol. The van der Waals surface area contributed by atoms with E-state index in [1.165, 1.54) is 25.3 Å². The number of benzene rings is 2. The Hall–Kier alpha value is -3.39. The number of rotatable bonds is 4. The fourth-order valence-corrected chi connectivity index (χ4v) is 4.40. The maximum Gasteiger partial charge on any atom is 0.291 e. The van der Waals surface area contributed by atoms with Crippen molar-refractivity contribution in [2.24, 2.45) is 0 Å². The first-order valence-electron chi connectivity index (χ1n) is 10.0. The molecule has 1 N–H and O–H groups in total. The van der Waals surface area contributed by atoms with Gasteiger partial charge in [0.25, 0.3) is 5.91 Å². The zero-order valence-electron chi connectivity index (χ0n) is 16.8. The van der Waals surface area contributed by atoms with Gasteiger partial charge in [-0.2, -0.15) is 0 Å². The van der Waals surface area contributed by atoms with Gasteiger partial charge in [-0.15, -0.1) is 0 Å². The van der Waals surface area contributed by atoms with E-state index < -0.39 is 23.2 Å². The first-order valence-corrected chi connectivity index (χ1v) is 10.0. The highest BCUT2D eigenvalue weighted by atomic mass is 19.1. The second-order valence-corrected chi connectivity index (χ2v) is 7.74. The topological polar surface area (TPSA) is 89.2 Å². The van der Waals surface area contributed by atoms with Crippen LogP contribution in [0.1, 0.15) is 40.6 Å². The van der Waals surface area contributed by atoms with Crippen LogP contribution in [0.25, 0.3) is 11.0 Å².